The molecule has 0 aliphatic heterocycles. The van der Waals surface area contributed by atoms with Crippen LogP contribution in [0.1, 0.15) is 32.1 Å². The lowest BCUT2D eigenvalue weighted by Crippen LogP contribution is -2.25. The molecule has 2 unspecified atom stereocenters. The van der Waals surface area contributed by atoms with Crippen molar-refractivity contribution >= 4 is 5.97 Å². The van der Waals surface area contributed by atoms with Crippen molar-refractivity contribution in [3.05, 3.63) is 0 Å². The van der Waals surface area contributed by atoms with Crippen LogP contribution in [0, 0.1) is 11.8 Å². The second-order valence-corrected chi connectivity index (χ2v) is 3.80. The normalized spacial score (nSPS) is 29.6. The van der Waals surface area contributed by atoms with Gasteiger partial charge in [0.1, 0.15) is 0 Å². The minimum atomic E-state index is -0.649. The highest BCUT2D eigenvalue weighted by molar-refractivity contribution is 5.70. The standard InChI is InChI=1S/C10H18O3/c1-13-7-8-5-3-2-4-6-9(8)10(11)12/h8-9H,2-7H2,1H3,(H,11,12). The third-order valence-electron chi connectivity index (χ3n) is 2.86. The third kappa shape index (κ3) is 2.99. The van der Waals surface area contributed by atoms with E-state index in [0.29, 0.717) is 6.61 Å². The molecule has 0 heterocycles. The predicted molar refractivity (Wildman–Crippen MR) is 49.6 cm³/mol. The van der Waals surface area contributed by atoms with Crippen molar-refractivity contribution in [1.29, 1.82) is 0 Å². The molecule has 13 heavy (non-hydrogen) atoms. The quantitative estimate of drug-likeness (QED) is 0.685. The molecule has 0 aromatic heterocycles. The van der Waals surface area contributed by atoms with E-state index in [-0.39, 0.29) is 11.8 Å². The Morgan fingerprint density at radius 1 is 1.38 bits per heavy atom. The Balaban J connectivity index is 2.55. The summed E-state index contributed by atoms with van der Waals surface area (Å²) in [6.07, 6.45) is 5.20. The van der Waals surface area contributed by atoms with Gasteiger partial charge in [0.25, 0.3) is 0 Å². The van der Waals surface area contributed by atoms with Crippen LogP contribution in [0.15, 0.2) is 0 Å². The lowest BCUT2D eigenvalue weighted by Gasteiger charge is -2.20. The number of carbonyl (C=O) groups is 1. The highest BCUT2D eigenvalue weighted by Crippen LogP contribution is 2.29. The Kier molecular flexibility index (Phi) is 4.22. The van der Waals surface area contributed by atoms with E-state index < -0.39 is 5.97 Å². The van der Waals surface area contributed by atoms with Crippen LogP contribution in [0.25, 0.3) is 0 Å². The van der Waals surface area contributed by atoms with Gasteiger partial charge >= 0.3 is 5.97 Å². The highest BCUT2D eigenvalue weighted by Gasteiger charge is 2.28. The van der Waals surface area contributed by atoms with Gasteiger partial charge < -0.3 is 9.84 Å². The number of ether oxygens (including phenoxy) is 1. The molecule has 0 spiro atoms. The molecule has 0 amide bonds. The fraction of sp³-hybridized carbons (Fsp3) is 0.900. The molecule has 1 saturated carbocycles. The number of hydrogen-bond donors (Lipinski definition) is 1. The number of hydrogen-bond acceptors (Lipinski definition) is 2. The summed E-state index contributed by atoms with van der Waals surface area (Å²) in [5, 5.41) is 9.00. The van der Waals surface area contributed by atoms with Gasteiger partial charge in [-0.15, -0.1) is 0 Å². The number of methoxy groups -OCH3 is 1. The molecule has 2 atom stereocenters. The monoisotopic (exact) mass is 186 g/mol. The molecular formula is C10H18O3. The Bertz CT molecular complexity index is 168. The molecule has 3 heteroatoms. The van der Waals surface area contributed by atoms with E-state index in [1.807, 2.05) is 0 Å². The van der Waals surface area contributed by atoms with E-state index in [0.717, 1.165) is 25.7 Å². The van der Waals surface area contributed by atoms with Gasteiger partial charge in [-0.25, -0.2) is 0 Å². The summed E-state index contributed by atoms with van der Waals surface area (Å²) in [4.78, 5) is 10.9. The molecule has 0 saturated heterocycles. The summed E-state index contributed by atoms with van der Waals surface area (Å²) in [5.41, 5.74) is 0. The zero-order chi connectivity index (χ0) is 9.68. The average molecular weight is 186 g/mol. The van der Waals surface area contributed by atoms with Gasteiger partial charge in [0.05, 0.1) is 5.92 Å². The van der Waals surface area contributed by atoms with E-state index >= 15 is 0 Å². The zero-order valence-corrected chi connectivity index (χ0v) is 8.16. The fourth-order valence-electron chi connectivity index (χ4n) is 2.12. The van der Waals surface area contributed by atoms with E-state index in [9.17, 15) is 4.79 Å². The maximum absolute atomic E-state index is 10.9. The highest BCUT2D eigenvalue weighted by atomic mass is 16.5. The first-order chi connectivity index (χ1) is 6.25. The van der Waals surface area contributed by atoms with Crippen molar-refractivity contribution in [3.63, 3.8) is 0 Å². The summed E-state index contributed by atoms with van der Waals surface area (Å²) in [6, 6.07) is 0. The molecule has 1 aliphatic carbocycles. The predicted octanol–water partition coefficient (Wildman–Crippen LogP) is 1.91. The van der Waals surface area contributed by atoms with Gasteiger partial charge in [-0.1, -0.05) is 19.3 Å². The summed E-state index contributed by atoms with van der Waals surface area (Å²) in [6.45, 7) is 0.594. The van der Waals surface area contributed by atoms with Crippen molar-refractivity contribution in [2.75, 3.05) is 13.7 Å². The smallest absolute Gasteiger partial charge is 0.306 e. The van der Waals surface area contributed by atoms with Crippen LogP contribution >= 0.6 is 0 Å². The van der Waals surface area contributed by atoms with Crippen molar-refractivity contribution in [3.8, 4) is 0 Å². The fourth-order valence-corrected chi connectivity index (χ4v) is 2.12. The van der Waals surface area contributed by atoms with Crippen molar-refractivity contribution < 1.29 is 14.6 Å². The molecule has 1 N–H and O–H groups in total. The average Bonchev–Trinajstić information content (AvgIpc) is 2.30. The molecule has 1 aliphatic rings. The largest absolute Gasteiger partial charge is 0.481 e. The summed E-state index contributed by atoms with van der Waals surface area (Å²) in [7, 11) is 1.64. The van der Waals surface area contributed by atoms with Crippen molar-refractivity contribution in [2.45, 2.75) is 32.1 Å². The molecular weight excluding hydrogens is 168 g/mol. The van der Waals surface area contributed by atoms with Crippen LogP contribution < -0.4 is 0 Å². The zero-order valence-electron chi connectivity index (χ0n) is 8.16. The van der Waals surface area contributed by atoms with Gasteiger partial charge in [0, 0.05) is 13.7 Å². The third-order valence-corrected chi connectivity index (χ3v) is 2.86. The summed E-state index contributed by atoms with van der Waals surface area (Å²) >= 11 is 0. The lowest BCUT2D eigenvalue weighted by atomic mass is 9.89. The molecule has 0 aromatic carbocycles. The van der Waals surface area contributed by atoms with Crippen LogP contribution in [0.3, 0.4) is 0 Å². The van der Waals surface area contributed by atoms with Gasteiger partial charge in [0.15, 0.2) is 0 Å². The minimum Gasteiger partial charge on any atom is -0.481 e. The second kappa shape index (κ2) is 5.22. The Hall–Kier alpha value is -0.570. The van der Waals surface area contributed by atoms with Crippen LogP contribution in [0.2, 0.25) is 0 Å². The van der Waals surface area contributed by atoms with Crippen molar-refractivity contribution in [2.24, 2.45) is 11.8 Å². The number of carboxylic acids is 1. The van der Waals surface area contributed by atoms with E-state index in [1.165, 1.54) is 6.42 Å². The molecule has 0 radical (unpaired) electrons. The van der Waals surface area contributed by atoms with E-state index in [2.05, 4.69) is 0 Å². The number of carboxylic acid groups (broad SMARTS) is 1. The Morgan fingerprint density at radius 3 is 2.69 bits per heavy atom. The van der Waals surface area contributed by atoms with Gasteiger partial charge in [-0.3, -0.25) is 4.79 Å². The first-order valence-electron chi connectivity index (χ1n) is 4.97. The van der Waals surface area contributed by atoms with Gasteiger partial charge in [-0.05, 0) is 18.8 Å². The lowest BCUT2D eigenvalue weighted by molar-refractivity contribution is -0.144. The molecule has 76 valence electrons. The maximum Gasteiger partial charge on any atom is 0.306 e. The molecule has 0 bridgehead atoms. The molecule has 3 nitrogen and oxygen atoms in total. The first-order valence-corrected chi connectivity index (χ1v) is 4.97. The van der Waals surface area contributed by atoms with Crippen LogP contribution in [0.4, 0.5) is 0 Å². The molecule has 1 rings (SSSR count). The second-order valence-electron chi connectivity index (χ2n) is 3.80. The number of aliphatic carboxylic acids is 1. The van der Waals surface area contributed by atoms with Crippen LogP contribution in [-0.4, -0.2) is 24.8 Å². The van der Waals surface area contributed by atoms with Gasteiger partial charge in [0.2, 0.25) is 0 Å². The Labute approximate surface area is 79.1 Å². The molecule has 1 fully saturated rings. The number of rotatable bonds is 3. The van der Waals surface area contributed by atoms with Crippen molar-refractivity contribution in [1.82, 2.24) is 0 Å². The first kappa shape index (κ1) is 10.5. The van der Waals surface area contributed by atoms with E-state index in [4.69, 9.17) is 9.84 Å². The summed E-state index contributed by atoms with van der Waals surface area (Å²) in [5.74, 6) is -0.601. The van der Waals surface area contributed by atoms with Crippen LogP contribution in [0.5, 0.6) is 0 Å². The van der Waals surface area contributed by atoms with Gasteiger partial charge in [-0.2, -0.15) is 0 Å². The summed E-state index contributed by atoms with van der Waals surface area (Å²) < 4.78 is 5.05. The van der Waals surface area contributed by atoms with E-state index in [1.54, 1.807) is 7.11 Å². The SMILES string of the molecule is COCC1CCCCCC1C(=O)O. The topological polar surface area (TPSA) is 46.5 Å². The maximum atomic E-state index is 10.9. The Morgan fingerprint density at radius 2 is 2.08 bits per heavy atom. The molecule has 0 aromatic rings. The van der Waals surface area contributed by atoms with Crippen LogP contribution in [-0.2, 0) is 9.53 Å². The minimum absolute atomic E-state index is 0.178.